The minimum absolute atomic E-state index is 0.0861. The summed E-state index contributed by atoms with van der Waals surface area (Å²) in [6, 6.07) is 2.68. The number of nitro benzene ring substituents is 2. The Balaban J connectivity index is 1.08. The molecule has 9 unspecified atom stereocenters. The Morgan fingerprint density at radius 2 is 1.52 bits per heavy atom. The molecule has 266 valence electrons. The van der Waals surface area contributed by atoms with Crippen molar-refractivity contribution in [2.75, 3.05) is 6.61 Å². The highest BCUT2D eigenvalue weighted by Gasteiger charge is 2.60. The second-order valence-electron chi connectivity index (χ2n) is 16.6. The maximum Gasteiger partial charge on any atom is 0.338 e. The molecule has 0 saturated heterocycles. The van der Waals surface area contributed by atoms with Crippen molar-refractivity contribution in [2.24, 2.45) is 52.3 Å². The Hall–Kier alpha value is -3.04. The van der Waals surface area contributed by atoms with Crippen LogP contribution in [-0.4, -0.2) is 34.5 Å². The van der Waals surface area contributed by atoms with Gasteiger partial charge in [0.05, 0.1) is 28.1 Å². The third kappa shape index (κ3) is 7.57. The van der Waals surface area contributed by atoms with Crippen molar-refractivity contribution in [3.05, 3.63) is 44.0 Å². The molecule has 0 N–H and O–H groups in total. The monoisotopic (exact) mass is 668 g/mol. The molecule has 4 fully saturated rings. The molecular formula is C38H56N2O8. The molecule has 0 heterocycles. The van der Waals surface area contributed by atoms with Crippen LogP contribution >= 0.6 is 0 Å². The Bertz CT molecular complexity index is 1330. The lowest BCUT2D eigenvalue weighted by Crippen LogP contribution is -2.54. The highest BCUT2D eigenvalue weighted by molar-refractivity contribution is 5.91. The first-order chi connectivity index (χ1) is 22.7. The van der Waals surface area contributed by atoms with Crippen molar-refractivity contribution in [2.45, 2.75) is 131 Å². The molecule has 9 atom stereocenters. The first-order valence-corrected chi connectivity index (χ1v) is 18.5. The van der Waals surface area contributed by atoms with E-state index in [1.54, 1.807) is 0 Å². The minimum atomic E-state index is -0.912. The van der Waals surface area contributed by atoms with Crippen molar-refractivity contribution >= 4 is 23.3 Å². The van der Waals surface area contributed by atoms with E-state index in [0.717, 1.165) is 73.0 Å². The number of benzene rings is 1. The van der Waals surface area contributed by atoms with Gasteiger partial charge in [0.25, 0.3) is 11.4 Å². The van der Waals surface area contributed by atoms with Gasteiger partial charge < -0.3 is 9.47 Å². The van der Waals surface area contributed by atoms with Gasteiger partial charge in [0.15, 0.2) is 0 Å². The largest absolute Gasteiger partial charge is 0.462 e. The number of hydrogen-bond acceptors (Lipinski definition) is 8. The molecule has 10 nitrogen and oxygen atoms in total. The van der Waals surface area contributed by atoms with Gasteiger partial charge in [0.2, 0.25) is 0 Å². The summed E-state index contributed by atoms with van der Waals surface area (Å²) in [7, 11) is 0. The normalized spacial score (nSPS) is 33.2. The minimum Gasteiger partial charge on any atom is -0.462 e. The average Bonchev–Trinajstić information content (AvgIpc) is 3.40. The summed E-state index contributed by atoms with van der Waals surface area (Å²) in [5.74, 6) is 4.26. The molecule has 4 aliphatic rings. The fourth-order valence-electron chi connectivity index (χ4n) is 11.0. The Labute approximate surface area is 285 Å². The van der Waals surface area contributed by atoms with Crippen molar-refractivity contribution in [3.63, 3.8) is 0 Å². The second kappa shape index (κ2) is 14.8. The molecule has 4 saturated carbocycles. The highest BCUT2D eigenvalue weighted by atomic mass is 16.6. The van der Waals surface area contributed by atoms with Crippen LogP contribution in [0.3, 0.4) is 0 Å². The average molecular weight is 669 g/mol. The zero-order valence-electron chi connectivity index (χ0n) is 29.6. The van der Waals surface area contributed by atoms with Crippen molar-refractivity contribution < 1.29 is 28.9 Å². The fraction of sp³-hybridized carbons (Fsp3) is 0.789. The number of hydrogen-bond donors (Lipinski definition) is 0. The van der Waals surface area contributed by atoms with Gasteiger partial charge in [-0.05, 0) is 116 Å². The fourth-order valence-corrected chi connectivity index (χ4v) is 11.0. The first-order valence-electron chi connectivity index (χ1n) is 18.5. The van der Waals surface area contributed by atoms with E-state index in [2.05, 4.69) is 34.6 Å². The zero-order chi connectivity index (χ0) is 34.8. The van der Waals surface area contributed by atoms with Crippen molar-refractivity contribution in [1.29, 1.82) is 0 Å². The first kappa shape index (κ1) is 36.2. The van der Waals surface area contributed by atoms with E-state index in [1.807, 2.05) is 0 Å². The summed E-state index contributed by atoms with van der Waals surface area (Å²) >= 11 is 0. The second-order valence-corrected chi connectivity index (χ2v) is 16.6. The van der Waals surface area contributed by atoms with Crippen LogP contribution in [0.4, 0.5) is 11.4 Å². The van der Waals surface area contributed by atoms with Gasteiger partial charge >= 0.3 is 11.9 Å². The molecule has 0 aliphatic heterocycles. The Morgan fingerprint density at radius 3 is 2.19 bits per heavy atom. The lowest BCUT2D eigenvalue weighted by atomic mass is 9.44. The van der Waals surface area contributed by atoms with Crippen molar-refractivity contribution in [1.82, 2.24) is 0 Å². The molecule has 1 aromatic carbocycles. The van der Waals surface area contributed by atoms with Gasteiger partial charge in [-0.25, -0.2) is 4.79 Å². The number of nitrogens with zero attached hydrogens (tertiary/aromatic N) is 2. The van der Waals surface area contributed by atoms with E-state index in [1.165, 1.54) is 57.8 Å². The third-order valence-corrected chi connectivity index (χ3v) is 13.4. The van der Waals surface area contributed by atoms with E-state index >= 15 is 0 Å². The number of esters is 2. The highest BCUT2D eigenvalue weighted by Crippen LogP contribution is 2.68. The molecule has 0 amide bonds. The Morgan fingerprint density at radius 1 is 0.854 bits per heavy atom. The summed E-state index contributed by atoms with van der Waals surface area (Å²) in [5.41, 5.74) is -0.615. The maximum absolute atomic E-state index is 12.8. The molecule has 0 aromatic heterocycles. The van der Waals surface area contributed by atoms with Gasteiger partial charge in [-0.15, -0.1) is 0 Å². The molecule has 0 spiro atoms. The molecule has 4 aliphatic carbocycles. The maximum atomic E-state index is 12.8. The number of carbonyl (C=O) groups excluding carboxylic acids is 2. The number of rotatable bonds is 13. The third-order valence-electron chi connectivity index (χ3n) is 13.4. The van der Waals surface area contributed by atoms with Crippen LogP contribution in [-0.2, 0) is 14.3 Å². The van der Waals surface area contributed by atoms with Crippen LogP contribution in [0.2, 0.25) is 0 Å². The number of fused-ring (bicyclic) bond motifs is 5. The molecule has 10 heteroatoms. The number of ether oxygens (including phenoxy) is 2. The van der Waals surface area contributed by atoms with Crippen LogP contribution in [0, 0.1) is 72.5 Å². The number of carbonyl (C=O) groups is 2. The van der Waals surface area contributed by atoms with Gasteiger partial charge in [-0.2, -0.15) is 0 Å². The van der Waals surface area contributed by atoms with Crippen LogP contribution in [0.5, 0.6) is 0 Å². The van der Waals surface area contributed by atoms with Gasteiger partial charge in [0.1, 0.15) is 6.10 Å². The van der Waals surface area contributed by atoms with Crippen LogP contribution in [0.15, 0.2) is 18.2 Å². The molecule has 0 bridgehead atoms. The van der Waals surface area contributed by atoms with Crippen LogP contribution < -0.4 is 0 Å². The summed E-state index contributed by atoms with van der Waals surface area (Å²) in [6.45, 7) is 12.3. The lowest BCUT2D eigenvalue weighted by molar-refractivity contribution is -0.394. The quantitative estimate of drug-likeness (QED) is 0.0876. The summed E-state index contributed by atoms with van der Waals surface area (Å²) in [5, 5.41) is 22.2. The molecule has 48 heavy (non-hydrogen) atoms. The summed E-state index contributed by atoms with van der Waals surface area (Å²) in [4.78, 5) is 45.8. The van der Waals surface area contributed by atoms with Crippen LogP contribution in [0.1, 0.15) is 135 Å². The topological polar surface area (TPSA) is 139 Å². The lowest BCUT2D eigenvalue weighted by Gasteiger charge is -2.61. The predicted octanol–water partition coefficient (Wildman–Crippen LogP) is 9.47. The molecular weight excluding hydrogens is 612 g/mol. The van der Waals surface area contributed by atoms with Gasteiger partial charge in [-0.3, -0.25) is 25.0 Å². The standard InChI is InChI=1S/C38H56N2O8/c1-24(2)8-6-9-25(3)32-13-14-33-31-12-11-27-22-30(15-17-37(27,4)34(31)16-18-38(32,33)5)48-35(41)10-7-19-47-36(42)26-20-28(39(43)44)23-29(21-26)40(45)46/h20-21,23-25,27,30-34H,6-19,22H2,1-5H3. The zero-order valence-corrected chi connectivity index (χ0v) is 29.6. The number of non-ortho nitro benzene ring substituents is 2. The van der Waals surface area contributed by atoms with Crippen LogP contribution in [0.25, 0.3) is 0 Å². The Kier molecular flexibility index (Phi) is 11.2. The van der Waals surface area contributed by atoms with E-state index in [-0.39, 0.29) is 37.1 Å². The molecule has 1 aromatic rings. The van der Waals surface area contributed by atoms with E-state index in [9.17, 15) is 29.8 Å². The molecule has 0 radical (unpaired) electrons. The van der Waals surface area contributed by atoms with E-state index in [4.69, 9.17) is 9.47 Å². The van der Waals surface area contributed by atoms with Gasteiger partial charge in [0, 0.05) is 18.6 Å². The summed E-state index contributed by atoms with van der Waals surface area (Å²) in [6.07, 6.45) is 15.2. The van der Waals surface area contributed by atoms with Crippen molar-refractivity contribution in [3.8, 4) is 0 Å². The van der Waals surface area contributed by atoms with E-state index in [0.29, 0.717) is 16.7 Å². The van der Waals surface area contributed by atoms with E-state index < -0.39 is 27.2 Å². The van der Waals surface area contributed by atoms with Gasteiger partial charge in [-0.1, -0.05) is 53.9 Å². The molecule has 5 rings (SSSR count). The number of nitro groups is 2. The predicted molar refractivity (Wildman–Crippen MR) is 182 cm³/mol. The summed E-state index contributed by atoms with van der Waals surface area (Å²) < 4.78 is 11.1. The smallest absolute Gasteiger partial charge is 0.338 e. The SMILES string of the molecule is CC(C)CCCC(C)C1CCC2C3CCC4CC(OC(=O)CCCOC(=O)c5cc([N+](=O)[O-])cc([N+](=O)[O-])c5)CCC4(C)C3CCC12C.